The molecule has 8 heteroatoms. The molecule has 0 radical (unpaired) electrons. The Hall–Kier alpha value is -1.57. The topological polar surface area (TPSA) is 133 Å². The highest BCUT2D eigenvalue weighted by Gasteiger charge is 2.28. The quantitative estimate of drug-likeness (QED) is 0.200. The van der Waals surface area contributed by atoms with E-state index in [0.29, 0.717) is 12.8 Å². The molecule has 0 aliphatic heterocycles. The van der Waals surface area contributed by atoms with Crippen molar-refractivity contribution in [3.05, 3.63) is 71.3 Å². The lowest BCUT2D eigenvalue weighted by molar-refractivity contribution is 0.102. The van der Waals surface area contributed by atoms with Gasteiger partial charge in [-0.05, 0) is 48.8 Å². The minimum atomic E-state index is -4.64. The van der Waals surface area contributed by atoms with E-state index < -0.39 is 32.7 Å². The van der Waals surface area contributed by atoms with Crippen LogP contribution in [0, 0.1) is 0 Å². The third-order valence-corrected chi connectivity index (χ3v) is 6.11. The predicted molar refractivity (Wildman–Crippen MR) is 125 cm³/mol. The molecule has 0 spiro atoms. The third-order valence-electron chi connectivity index (χ3n) is 5.65. The molecule has 0 aliphatic carbocycles. The van der Waals surface area contributed by atoms with E-state index in [4.69, 9.17) is 15.5 Å². The number of rotatable bonds is 15. The van der Waals surface area contributed by atoms with Gasteiger partial charge in [0.1, 0.15) is 0 Å². The van der Waals surface area contributed by atoms with E-state index in [-0.39, 0.29) is 0 Å². The predicted octanol–water partition coefficient (Wildman–Crippen LogP) is 3.64. The lowest BCUT2D eigenvalue weighted by Gasteiger charge is -2.27. The van der Waals surface area contributed by atoms with Crippen molar-refractivity contribution in [2.24, 2.45) is 5.73 Å². The summed E-state index contributed by atoms with van der Waals surface area (Å²) in [4.78, 5) is 17.6. The van der Waals surface area contributed by atoms with Crippen LogP contribution in [0.1, 0.15) is 61.3 Å². The van der Waals surface area contributed by atoms with Gasteiger partial charge in [-0.3, -0.25) is 4.52 Å². The number of hydrogen-bond donors (Lipinski definition) is 5. The highest BCUT2D eigenvalue weighted by Crippen LogP contribution is 2.37. The molecule has 7 nitrogen and oxygen atoms in total. The average molecular weight is 466 g/mol. The summed E-state index contributed by atoms with van der Waals surface area (Å²) in [6, 6.07) is 18.1. The van der Waals surface area contributed by atoms with Gasteiger partial charge in [0.2, 0.25) is 0 Å². The Labute approximate surface area is 190 Å². The largest absolute Gasteiger partial charge is 0.469 e. The van der Waals surface area contributed by atoms with Gasteiger partial charge < -0.3 is 25.7 Å². The molecule has 2 rings (SSSR count). The molecule has 0 bridgehead atoms. The van der Waals surface area contributed by atoms with Gasteiger partial charge in [0.15, 0.2) is 0 Å². The van der Waals surface area contributed by atoms with Gasteiger partial charge in [-0.2, -0.15) is 0 Å². The van der Waals surface area contributed by atoms with Crippen molar-refractivity contribution in [2.45, 2.75) is 63.0 Å². The Balaban J connectivity index is 1.68. The van der Waals surface area contributed by atoms with Crippen LogP contribution in [0.3, 0.4) is 0 Å². The van der Waals surface area contributed by atoms with Crippen molar-refractivity contribution in [3.8, 4) is 0 Å². The first-order chi connectivity index (χ1) is 15.2. The molecule has 6 N–H and O–H groups in total. The van der Waals surface area contributed by atoms with Crippen LogP contribution in [-0.4, -0.2) is 38.8 Å². The van der Waals surface area contributed by atoms with E-state index in [2.05, 4.69) is 28.8 Å². The maximum atomic E-state index is 10.9. The van der Waals surface area contributed by atoms with E-state index in [1.165, 1.54) is 5.56 Å². The highest BCUT2D eigenvalue weighted by atomic mass is 31.2. The second-order valence-electron chi connectivity index (χ2n) is 8.48. The van der Waals surface area contributed by atoms with Crippen LogP contribution in [0.5, 0.6) is 0 Å². The van der Waals surface area contributed by atoms with Crippen LogP contribution in [-0.2, 0) is 21.9 Å². The second kappa shape index (κ2) is 13.2. The van der Waals surface area contributed by atoms with Crippen molar-refractivity contribution >= 4 is 7.82 Å². The Morgan fingerprint density at radius 3 is 2.16 bits per heavy atom. The summed E-state index contributed by atoms with van der Waals surface area (Å²) in [7, 11) is -4.64. The summed E-state index contributed by atoms with van der Waals surface area (Å²) in [5, 5.41) is 19.9. The molecular formula is C24H36NO6P. The average Bonchev–Trinajstić information content (AvgIpc) is 2.79. The molecular weight excluding hydrogens is 429 g/mol. The van der Waals surface area contributed by atoms with Crippen molar-refractivity contribution < 1.29 is 29.1 Å². The summed E-state index contributed by atoms with van der Waals surface area (Å²) >= 11 is 0. The first kappa shape index (κ1) is 26.7. The number of nitrogens with two attached hydrogens (primary N) is 1. The maximum absolute atomic E-state index is 10.9. The first-order valence-electron chi connectivity index (χ1n) is 11.1. The minimum absolute atomic E-state index is 0.300. The summed E-state index contributed by atoms with van der Waals surface area (Å²) in [6.07, 6.45) is 6.51. The van der Waals surface area contributed by atoms with Gasteiger partial charge in [-0.1, -0.05) is 73.9 Å². The van der Waals surface area contributed by atoms with Crippen molar-refractivity contribution in [1.29, 1.82) is 0 Å². The zero-order chi connectivity index (χ0) is 23.5. The molecule has 0 aliphatic rings. The summed E-state index contributed by atoms with van der Waals surface area (Å²) in [5.74, 6) is 0. The Bertz CT molecular complexity index is 826. The minimum Gasteiger partial charge on any atom is -0.394 e. The normalized spacial score (nSPS) is 14.8. The van der Waals surface area contributed by atoms with Gasteiger partial charge in [0.05, 0.1) is 24.9 Å². The first-order valence-corrected chi connectivity index (χ1v) is 12.6. The van der Waals surface area contributed by atoms with Crippen LogP contribution in [0.2, 0.25) is 0 Å². The number of hydrogen-bond acceptors (Lipinski definition) is 5. The molecule has 0 amide bonds. The van der Waals surface area contributed by atoms with Crippen molar-refractivity contribution in [3.63, 3.8) is 0 Å². The standard InChI is InChI=1S/C24H36NO6P/c25-24(18-26,19-31-32(28,29)30)17-16-21-12-14-22(15-13-21)23(27)11-7-2-1-4-8-20-9-5-3-6-10-20/h3,5-6,9-10,12-15,23,26-27H,1-2,4,7-8,11,16-19,25H2,(H2,28,29,30). The number of aryl methyl sites for hydroxylation is 2. The smallest absolute Gasteiger partial charge is 0.394 e. The number of phosphoric ester groups is 1. The highest BCUT2D eigenvalue weighted by molar-refractivity contribution is 7.46. The summed E-state index contributed by atoms with van der Waals surface area (Å²) < 4.78 is 15.3. The van der Waals surface area contributed by atoms with Crippen molar-refractivity contribution in [1.82, 2.24) is 0 Å². The van der Waals surface area contributed by atoms with Crippen LogP contribution >= 0.6 is 7.82 Å². The monoisotopic (exact) mass is 465 g/mol. The molecule has 0 heterocycles. The molecule has 32 heavy (non-hydrogen) atoms. The molecule has 0 saturated carbocycles. The molecule has 178 valence electrons. The van der Waals surface area contributed by atoms with Crippen LogP contribution in [0.15, 0.2) is 54.6 Å². The van der Waals surface area contributed by atoms with Gasteiger partial charge in [0.25, 0.3) is 0 Å². The zero-order valence-corrected chi connectivity index (χ0v) is 19.4. The molecule has 0 fully saturated rings. The zero-order valence-electron chi connectivity index (χ0n) is 18.5. The number of aliphatic hydroxyl groups excluding tert-OH is 2. The Morgan fingerprint density at radius 2 is 1.53 bits per heavy atom. The molecule has 2 aromatic carbocycles. The fourth-order valence-corrected chi connectivity index (χ4v) is 3.97. The van der Waals surface area contributed by atoms with E-state index in [0.717, 1.165) is 49.7 Å². The Morgan fingerprint density at radius 1 is 0.906 bits per heavy atom. The molecule has 2 aromatic rings. The van der Waals surface area contributed by atoms with E-state index in [1.54, 1.807) is 0 Å². The number of unbranched alkanes of at least 4 members (excludes halogenated alkanes) is 3. The third kappa shape index (κ3) is 10.4. The summed E-state index contributed by atoms with van der Waals surface area (Å²) in [5.41, 5.74) is 7.95. The lowest BCUT2D eigenvalue weighted by atomic mass is 9.93. The second-order valence-corrected chi connectivity index (χ2v) is 9.72. The van der Waals surface area contributed by atoms with E-state index >= 15 is 0 Å². The molecule has 2 atom stereocenters. The SMILES string of the molecule is NC(CO)(CCc1ccc(C(O)CCCCCCc2ccccc2)cc1)COP(=O)(O)O. The van der Waals surface area contributed by atoms with Crippen LogP contribution in [0.25, 0.3) is 0 Å². The van der Waals surface area contributed by atoms with Gasteiger partial charge in [-0.15, -0.1) is 0 Å². The van der Waals surface area contributed by atoms with Gasteiger partial charge in [0, 0.05) is 0 Å². The van der Waals surface area contributed by atoms with Crippen molar-refractivity contribution in [2.75, 3.05) is 13.2 Å². The fourth-order valence-electron chi connectivity index (χ4n) is 3.54. The Kier molecular flexibility index (Phi) is 11.0. The van der Waals surface area contributed by atoms with E-state index in [1.807, 2.05) is 30.3 Å². The molecule has 0 aromatic heterocycles. The summed E-state index contributed by atoms with van der Waals surface area (Å²) in [6.45, 7) is -0.884. The van der Waals surface area contributed by atoms with Gasteiger partial charge >= 0.3 is 7.82 Å². The number of phosphoric acid groups is 1. The van der Waals surface area contributed by atoms with Crippen LogP contribution < -0.4 is 5.73 Å². The molecule has 2 unspecified atom stereocenters. The number of benzene rings is 2. The van der Waals surface area contributed by atoms with Gasteiger partial charge in [-0.25, -0.2) is 4.57 Å². The lowest BCUT2D eigenvalue weighted by Crippen LogP contribution is -2.48. The number of aliphatic hydroxyl groups is 2. The van der Waals surface area contributed by atoms with E-state index in [9.17, 15) is 14.8 Å². The fraction of sp³-hybridized carbons (Fsp3) is 0.500. The molecule has 0 saturated heterocycles. The van der Waals surface area contributed by atoms with Crippen LogP contribution in [0.4, 0.5) is 0 Å². The maximum Gasteiger partial charge on any atom is 0.469 e.